The molecular weight excluding hydrogens is 399 g/mol. The van der Waals surface area contributed by atoms with Crippen LogP contribution >= 0.6 is 24.0 Å². The van der Waals surface area contributed by atoms with Crippen LogP contribution in [0.3, 0.4) is 0 Å². The van der Waals surface area contributed by atoms with Crippen LogP contribution in [0.25, 0.3) is 0 Å². The van der Waals surface area contributed by atoms with Gasteiger partial charge in [0.25, 0.3) is 0 Å². The Balaban J connectivity index is 0.00000192. The van der Waals surface area contributed by atoms with Crippen molar-refractivity contribution in [3.8, 4) is 0 Å². The van der Waals surface area contributed by atoms with E-state index in [4.69, 9.17) is 0 Å². The average Bonchev–Trinajstić information content (AvgIpc) is 2.54. The maximum Gasteiger partial charge on any atom is 0.191 e. The van der Waals surface area contributed by atoms with Gasteiger partial charge in [-0.3, -0.25) is 4.98 Å². The molecule has 1 unspecified atom stereocenters. The van der Waals surface area contributed by atoms with Gasteiger partial charge in [0.2, 0.25) is 0 Å². The van der Waals surface area contributed by atoms with Crippen LogP contribution in [0.5, 0.6) is 0 Å². The smallest absolute Gasteiger partial charge is 0.191 e. The van der Waals surface area contributed by atoms with E-state index in [1.54, 1.807) is 6.20 Å². The second-order valence-electron chi connectivity index (χ2n) is 5.50. The van der Waals surface area contributed by atoms with Crippen LogP contribution < -0.4 is 10.6 Å². The Labute approximate surface area is 154 Å². The average molecular weight is 422 g/mol. The van der Waals surface area contributed by atoms with Gasteiger partial charge in [0.15, 0.2) is 5.96 Å². The topological polar surface area (TPSA) is 49.3 Å². The molecule has 0 amide bonds. The van der Waals surface area contributed by atoms with Crippen LogP contribution in [0.15, 0.2) is 53.7 Å². The largest absolute Gasteiger partial charge is 0.357 e. The molecular formula is C18H23IN4. The van der Waals surface area contributed by atoms with Crippen molar-refractivity contribution in [2.24, 2.45) is 4.99 Å². The number of pyridine rings is 1. The summed E-state index contributed by atoms with van der Waals surface area (Å²) in [6.45, 7) is 4.45. The first-order chi connectivity index (χ1) is 10.9. The van der Waals surface area contributed by atoms with Gasteiger partial charge in [-0.2, -0.15) is 0 Å². The first-order valence-electron chi connectivity index (χ1n) is 7.86. The van der Waals surface area contributed by atoms with Crippen LogP contribution in [0.4, 0.5) is 0 Å². The molecule has 1 aromatic heterocycles. The van der Waals surface area contributed by atoms with Crippen molar-refractivity contribution < 1.29 is 0 Å². The van der Waals surface area contributed by atoms with E-state index < -0.39 is 0 Å². The second-order valence-corrected chi connectivity index (χ2v) is 5.50. The molecule has 2 N–H and O–H groups in total. The molecule has 2 aromatic rings. The van der Waals surface area contributed by atoms with Gasteiger partial charge in [0, 0.05) is 25.2 Å². The molecule has 0 fully saturated rings. The van der Waals surface area contributed by atoms with E-state index in [0.717, 1.165) is 31.2 Å². The first kappa shape index (κ1) is 17.7. The van der Waals surface area contributed by atoms with E-state index in [1.165, 1.54) is 11.1 Å². The van der Waals surface area contributed by atoms with Crippen molar-refractivity contribution in [1.29, 1.82) is 0 Å². The summed E-state index contributed by atoms with van der Waals surface area (Å²) in [7, 11) is 0. The van der Waals surface area contributed by atoms with Crippen molar-refractivity contribution in [2.75, 3.05) is 13.1 Å². The zero-order valence-electron chi connectivity index (χ0n) is 13.3. The molecule has 122 valence electrons. The minimum Gasteiger partial charge on any atom is -0.357 e. The van der Waals surface area contributed by atoms with E-state index in [9.17, 15) is 0 Å². The van der Waals surface area contributed by atoms with Crippen LogP contribution in [0, 0.1) is 0 Å². The molecule has 0 saturated carbocycles. The molecule has 0 saturated heterocycles. The number of fused-ring (bicyclic) bond motifs is 1. The third-order valence-electron chi connectivity index (χ3n) is 3.95. The Morgan fingerprint density at radius 2 is 2.00 bits per heavy atom. The zero-order chi connectivity index (χ0) is 15.2. The summed E-state index contributed by atoms with van der Waals surface area (Å²) in [6.07, 6.45) is 2.96. The molecule has 5 heteroatoms. The molecule has 0 radical (unpaired) electrons. The predicted octanol–water partition coefficient (Wildman–Crippen LogP) is 3.09. The number of hydrogen-bond donors (Lipinski definition) is 2. The third-order valence-corrected chi connectivity index (χ3v) is 3.95. The summed E-state index contributed by atoms with van der Waals surface area (Å²) in [5.74, 6) is 1.45. The van der Waals surface area contributed by atoms with Gasteiger partial charge >= 0.3 is 0 Å². The Kier molecular flexibility index (Phi) is 6.83. The number of nitrogens with zero attached hydrogens (tertiary/aromatic N) is 2. The van der Waals surface area contributed by atoms with Gasteiger partial charge in [-0.1, -0.05) is 30.3 Å². The van der Waals surface area contributed by atoms with Crippen LogP contribution in [0.1, 0.15) is 29.7 Å². The summed E-state index contributed by atoms with van der Waals surface area (Å²) in [4.78, 5) is 8.90. The van der Waals surface area contributed by atoms with Crippen molar-refractivity contribution in [3.63, 3.8) is 0 Å². The van der Waals surface area contributed by atoms with Crippen molar-refractivity contribution >= 4 is 29.9 Å². The van der Waals surface area contributed by atoms with E-state index >= 15 is 0 Å². The number of guanidine groups is 1. The quantitative estimate of drug-likeness (QED) is 0.443. The molecule has 1 aliphatic rings. The lowest BCUT2D eigenvalue weighted by Gasteiger charge is -2.30. The minimum atomic E-state index is 0. The summed E-state index contributed by atoms with van der Waals surface area (Å²) >= 11 is 0. The molecule has 0 spiro atoms. The van der Waals surface area contributed by atoms with Gasteiger partial charge < -0.3 is 10.6 Å². The van der Waals surface area contributed by atoms with Crippen molar-refractivity contribution in [3.05, 3.63) is 65.5 Å². The maximum absolute atomic E-state index is 4.60. The third kappa shape index (κ3) is 4.67. The highest BCUT2D eigenvalue weighted by Crippen LogP contribution is 2.33. The highest BCUT2D eigenvalue weighted by Gasteiger charge is 2.25. The minimum absolute atomic E-state index is 0. The van der Waals surface area contributed by atoms with Gasteiger partial charge in [-0.15, -0.1) is 24.0 Å². The van der Waals surface area contributed by atoms with E-state index in [2.05, 4.69) is 51.8 Å². The monoisotopic (exact) mass is 422 g/mol. The Morgan fingerprint density at radius 1 is 1.17 bits per heavy atom. The van der Waals surface area contributed by atoms with Gasteiger partial charge in [-0.25, -0.2) is 4.99 Å². The molecule has 4 nitrogen and oxygen atoms in total. The fourth-order valence-electron chi connectivity index (χ4n) is 2.76. The van der Waals surface area contributed by atoms with Crippen LogP contribution in [-0.4, -0.2) is 24.0 Å². The van der Waals surface area contributed by atoms with Gasteiger partial charge in [0.05, 0.1) is 12.2 Å². The lowest BCUT2D eigenvalue weighted by molar-refractivity contribution is 0.584. The highest BCUT2D eigenvalue weighted by molar-refractivity contribution is 14.0. The molecule has 1 atom stereocenters. The predicted molar refractivity (Wildman–Crippen MR) is 105 cm³/mol. The normalized spacial score (nSPS) is 15.9. The maximum atomic E-state index is 4.60. The number of hydrogen-bond acceptors (Lipinski definition) is 2. The molecule has 1 heterocycles. The molecule has 1 aliphatic carbocycles. The number of nitrogens with one attached hydrogen (secondary N) is 2. The second kappa shape index (κ2) is 8.86. The lowest BCUT2D eigenvalue weighted by Crippen LogP contribution is -2.41. The van der Waals surface area contributed by atoms with E-state index in [1.807, 2.05) is 18.2 Å². The summed E-state index contributed by atoms with van der Waals surface area (Å²) in [5, 5.41) is 6.74. The fourth-order valence-corrected chi connectivity index (χ4v) is 2.76. The molecule has 0 bridgehead atoms. The van der Waals surface area contributed by atoms with Gasteiger partial charge in [0.1, 0.15) is 0 Å². The molecule has 23 heavy (non-hydrogen) atoms. The Hall–Kier alpha value is -1.63. The fraction of sp³-hybridized carbons (Fsp3) is 0.333. The lowest BCUT2D eigenvalue weighted by atomic mass is 9.78. The molecule has 1 aromatic carbocycles. The number of aromatic nitrogens is 1. The molecule has 3 rings (SSSR count). The number of rotatable bonds is 5. The van der Waals surface area contributed by atoms with Crippen LogP contribution in [-0.2, 0) is 13.0 Å². The summed E-state index contributed by atoms with van der Waals surface area (Å²) in [5.41, 5.74) is 3.92. The van der Waals surface area contributed by atoms with Gasteiger partial charge in [-0.05, 0) is 36.6 Å². The van der Waals surface area contributed by atoms with E-state index in [0.29, 0.717) is 12.5 Å². The molecule has 0 aliphatic heterocycles. The summed E-state index contributed by atoms with van der Waals surface area (Å²) < 4.78 is 0. The number of aliphatic imine (C=N–C) groups is 1. The Morgan fingerprint density at radius 3 is 2.74 bits per heavy atom. The van der Waals surface area contributed by atoms with Crippen LogP contribution in [0.2, 0.25) is 0 Å². The SMILES string of the molecule is CCNC(=NCc1ccccn1)NCC1Cc2ccccc21.I. The first-order valence-corrected chi connectivity index (χ1v) is 7.86. The summed E-state index contributed by atoms with van der Waals surface area (Å²) in [6, 6.07) is 14.6. The zero-order valence-corrected chi connectivity index (χ0v) is 15.7. The number of halogens is 1. The number of benzene rings is 1. The standard InChI is InChI=1S/C18H22N4.HI/c1-2-19-18(22-13-16-8-5-6-10-20-16)21-12-15-11-14-7-3-4-9-17(14)15;/h3-10,15H,2,11-13H2,1H3,(H2,19,21,22);1H. The highest BCUT2D eigenvalue weighted by atomic mass is 127. The van der Waals surface area contributed by atoms with E-state index in [-0.39, 0.29) is 24.0 Å². The Bertz CT molecular complexity index is 642. The van der Waals surface area contributed by atoms with Crippen molar-refractivity contribution in [1.82, 2.24) is 15.6 Å². The van der Waals surface area contributed by atoms with Crippen molar-refractivity contribution in [2.45, 2.75) is 25.8 Å².